The Morgan fingerprint density at radius 3 is 1.62 bits per heavy atom. The standard InChI is InChI=1S/C51H37NO/c1-51(2)47-18-10-8-16-43(47)44-30-29-40(33-48(44)51)52(39-27-22-36(23-28-39)42-15-7-6-14-41(42)35-12-4-3-5-13-35)38-25-20-34(21-26-38)37-24-31-50-46(32-37)45-17-9-11-19-49(45)53-50/h3-33H,1-2H3. The highest BCUT2D eigenvalue weighted by molar-refractivity contribution is 6.06. The average molecular weight is 680 g/mol. The molecular formula is C51H37NO. The topological polar surface area (TPSA) is 16.4 Å². The normalized spacial score (nSPS) is 12.9. The van der Waals surface area contributed by atoms with Gasteiger partial charge in [0.15, 0.2) is 0 Å². The van der Waals surface area contributed by atoms with Crippen LogP contribution in [0.4, 0.5) is 17.1 Å². The van der Waals surface area contributed by atoms with Gasteiger partial charge in [-0.15, -0.1) is 0 Å². The molecule has 0 fully saturated rings. The van der Waals surface area contributed by atoms with E-state index in [9.17, 15) is 0 Å². The lowest BCUT2D eigenvalue weighted by molar-refractivity contribution is 0.660. The smallest absolute Gasteiger partial charge is 0.135 e. The van der Waals surface area contributed by atoms with Gasteiger partial charge in [0.2, 0.25) is 0 Å². The van der Waals surface area contributed by atoms with Gasteiger partial charge in [0.05, 0.1) is 0 Å². The Hall–Kier alpha value is -6.64. The van der Waals surface area contributed by atoms with Gasteiger partial charge < -0.3 is 9.32 Å². The molecule has 252 valence electrons. The third kappa shape index (κ3) is 5.18. The molecule has 8 aromatic carbocycles. The molecule has 1 aliphatic carbocycles. The van der Waals surface area contributed by atoms with E-state index in [1.165, 1.54) is 55.6 Å². The molecule has 0 amide bonds. The number of fused-ring (bicyclic) bond motifs is 6. The first kappa shape index (κ1) is 31.1. The molecule has 1 aliphatic rings. The van der Waals surface area contributed by atoms with Crippen LogP contribution in [0.1, 0.15) is 25.0 Å². The van der Waals surface area contributed by atoms with E-state index in [1.807, 2.05) is 12.1 Å². The van der Waals surface area contributed by atoms with Gasteiger partial charge in [-0.05, 0) is 110 Å². The molecular weight excluding hydrogens is 643 g/mol. The van der Waals surface area contributed by atoms with Gasteiger partial charge in [-0.25, -0.2) is 0 Å². The highest BCUT2D eigenvalue weighted by Gasteiger charge is 2.35. The van der Waals surface area contributed by atoms with E-state index >= 15 is 0 Å². The number of benzene rings is 8. The van der Waals surface area contributed by atoms with Crippen LogP contribution in [0.15, 0.2) is 192 Å². The summed E-state index contributed by atoms with van der Waals surface area (Å²) in [6, 6.07) is 67.9. The maximum atomic E-state index is 6.12. The van der Waals surface area contributed by atoms with Gasteiger partial charge in [-0.2, -0.15) is 0 Å². The lowest BCUT2D eigenvalue weighted by Gasteiger charge is -2.28. The summed E-state index contributed by atoms with van der Waals surface area (Å²) in [6.07, 6.45) is 0. The van der Waals surface area contributed by atoms with Crippen LogP contribution in [0.5, 0.6) is 0 Å². The van der Waals surface area contributed by atoms with Crippen LogP contribution < -0.4 is 4.90 Å². The van der Waals surface area contributed by atoms with Crippen LogP contribution in [-0.4, -0.2) is 0 Å². The molecule has 2 nitrogen and oxygen atoms in total. The molecule has 0 unspecified atom stereocenters. The highest BCUT2D eigenvalue weighted by Crippen LogP contribution is 2.50. The molecule has 0 bridgehead atoms. The maximum Gasteiger partial charge on any atom is 0.135 e. The number of furan rings is 1. The summed E-state index contributed by atoms with van der Waals surface area (Å²) in [6.45, 7) is 4.69. The Morgan fingerprint density at radius 2 is 0.887 bits per heavy atom. The summed E-state index contributed by atoms with van der Waals surface area (Å²) in [5.74, 6) is 0. The highest BCUT2D eigenvalue weighted by atomic mass is 16.3. The van der Waals surface area contributed by atoms with Crippen molar-refractivity contribution in [3.8, 4) is 44.5 Å². The monoisotopic (exact) mass is 679 g/mol. The third-order valence-corrected chi connectivity index (χ3v) is 11.1. The Kier molecular flexibility index (Phi) is 7.19. The summed E-state index contributed by atoms with van der Waals surface area (Å²) in [4.78, 5) is 2.39. The third-order valence-electron chi connectivity index (χ3n) is 11.1. The van der Waals surface area contributed by atoms with Crippen molar-refractivity contribution in [3.63, 3.8) is 0 Å². The Labute approximate surface area is 310 Å². The van der Waals surface area contributed by atoms with E-state index in [2.05, 4.69) is 195 Å². The molecule has 0 atom stereocenters. The maximum absolute atomic E-state index is 6.12. The molecule has 0 saturated heterocycles. The fourth-order valence-electron chi connectivity index (χ4n) is 8.38. The van der Waals surface area contributed by atoms with Crippen molar-refractivity contribution in [3.05, 3.63) is 199 Å². The summed E-state index contributed by atoms with van der Waals surface area (Å²) in [7, 11) is 0. The molecule has 53 heavy (non-hydrogen) atoms. The first-order chi connectivity index (χ1) is 26.0. The van der Waals surface area contributed by atoms with E-state index in [0.29, 0.717) is 0 Å². The van der Waals surface area contributed by atoms with Gasteiger partial charge in [0.25, 0.3) is 0 Å². The first-order valence-electron chi connectivity index (χ1n) is 18.3. The molecule has 0 radical (unpaired) electrons. The summed E-state index contributed by atoms with van der Waals surface area (Å²) >= 11 is 0. The summed E-state index contributed by atoms with van der Waals surface area (Å²) in [5, 5.41) is 2.28. The first-order valence-corrected chi connectivity index (χ1v) is 18.3. The Bertz CT molecular complexity index is 2790. The van der Waals surface area contributed by atoms with Gasteiger partial charge in [-0.3, -0.25) is 0 Å². The molecule has 2 heteroatoms. The van der Waals surface area contributed by atoms with E-state index in [0.717, 1.165) is 39.0 Å². The van der Waals surface area contributed by atoms with Crippen molar-refractivity contribution in [2.24, 2.45) is 0 Å². The molecule has 0 saturated carbocycles. The number of para-hydroxylation sites is 1. The number of rotatable bonds is 6. The minimum atomic E-state index is -0.0988. The van der Waals surface area contributed by atoms with Crippen LogP contribution >= 0.6 is 0 Å². The number of hydrogen-bond donors (Lipinski definition) is 0. The fraction of sp³-hybridized carbons (Fsp3) is 0.0588. The van der Waals surface area contributed by atoms with Crippen molar-refractivity contribution in [1.29, 1.82) is 0 Å². The van der Waals surface area contributed by atoms with Crippen LogP contribution in [0.25, 0.3) is 66.4 Å². The molecule has 0 N–H and O–H groups in total. The van der Waals surface area contributed by atoms with Gasteiger partial charge in [-0.1, -0.05) is 147 Å². The minimum Gasteiger partial charge on any atom is -0.456 e. The van der Waals surface area contributed by atoms with Crippen LogP contribution in [-0.2, 0) is 5.41 Å². The number of nitrogens with zero attached hydrogens (tertiary/aromatic N) is 1. The van der Waals surface area contributed by atoms with Gasteiger partial charge >= 0.3 is 0 Å². The van der Waals surface area contributed by atoms with Gasteiger partial charge in [0, 0.05) is 33.2 Å². The van der Waals surface area contributed by atoms with Crippen LogP contribution in [0.2, 0.25) is 0 Å². The van der Waals surface area contributed by atoms with E-state index < -0.39 is 0 Å². The quantitative estimate of drug-likeness (QED) is 0.174. The number of hydrogen-bond acceptors (Lipinski definition) is 2. The van der Waals surface area contributed by atoms with E-state index in [4.69, 9.17) is 4.42 Å². The van der Waals surface area contributed by atoms with Crippen molar-refractivity contribution in [2.45, 2.75) is 19.3 Å². The Morgan fingerprint density at radius 1 is 0.358 bits per heavy atom. The summed E-state index contributed by atoms with van der Waals surface area (Å²) < 4.78 is 6.12. The molecule has 9 aromatic rings. The second-order valence-electron chi connectivity index (χ2n) is 14.6. The van der Waals surface area contributed by atoms with Crippen LogP contribution in [0.3, 0.4) is 0 Å². The predicted octanol–water partition coefficient (Wildman–Crippen LogP) is 14.4. The Balaban J connectivity index is 1.07. The molecule has 1 heterocycles. The van der Waals surface area contributed by atoms with Crippen molar-refractivity contribution >= 4 is 39.0 Å². The SMILES string of the molecule is CC1(C)c2ccccc2-c2ccc(N(c3ccc(-c4ccc5oc6ccccc6c5c4)cc3)c3ccc(-c4ccccc4-c4ccccc4)cc3)cc21. The second-order valence-corrected chi connectivity index (χ2v) is 14.6. The van der Waals surface area contributed by atoms with Crippen molar-refractivity contribution < 1.29 is 4.42 Å². The second kappa shape index (κ2) is 12.3. The molecule has 0 spiro atoms. The van der Waals surface area contributed by atoms with E-state index in [1.54, 1.807) is 0 Å². The van der Waals surface area contributed by atoms with E-state index in [-0.39, 0.29) is 5.41 Å². The summed E-state index contributed by atoms with van der Waals surface area (Å²) in [5.41, 5.74) is 17.7. The molecule has 0 aliphatic heterocycles. The van der Waals surface area contributed by atoms with Crippen molar-refractivity contribution in [2.75, 3.05) is 4.90 Å². The van der Waals surface area contributed by atoms with Gasteiger partial charge in [0.1, 0.15) is 11.2 Å². The largest absolute Gasteiger partial charge is 0.456 e. The zero-order valence-electron chi connectivity index (χ0n) is 29.8. The molecule has 10 rings (SSSR count). The fourth-order valence-corrected chi connectivity index (χ4v) is 8.38. The molecule has 1 aromatic heterocycles. The predicted molar refractivity (Wildman–Crippen MR) is 222 cm³/mol. The number of anilines is 3. The van der Waals surface area contributed by atoms with Crippen LogP contribution in [0, 0.1) is 0 Å². The zero-order chi connectivity index (χ0) is 35.5. The average Bonchev–Trinajstić information content (AvgIpc) is 3.70. The van der Waals surface area contributed by atoms with Crippen molar-refractivity contribution in [1.82, 2.24) is 0 Å². The minimum absolute atomic E-state index is 0.0988. The zero-order valence-corrected chi connectivity index (χ0v) is 29.8. The lowest BCUT2D eigenvalue weighted by atomic mass is 9.82. The lowest BCUT2D eigenvalue weighted by Crippen LogP contribution is -2.16.